The first-order valence-corrected chi connectivity index (χ1v) is 15.2. The maximum absolute atomic E-state index is 12.6. The van der Waals surface area contributed by atoms with Gasteiger partial charge in [0, 0.05) is 36.2 Å². The molecule has 4 rings (SSSR count). The third kappa shape index (κ3) is 8.08. The summed E-state index contributed by atoms with van der Waals surface area (Å²) < 4.78 is 68.8. The van der Waals surface area contributed by atoms with Crippen LogP contribution in [0.2, 0.25) is 10.0 Å². The molecule has 0 bridgehead atoms. The minimum absolute atomic E-state index is 0.329. The lowest BCUT2D eigenvalue weighted by molar-refractivity contribution is -0.139. The van der Waals surface area contributed by atoms with E-state index in [2.05, 4.69) is 4.57 Å². The van der Waals surface area contributed by atoms with Crippen LogP contribution < -0.4 is 9.46 Å². The Morgan fingerprint density at radius 3 is 2.23 bits per heavy atom. The third-order valence-electron chi connectivity index (χ3n) is 6.49. The topological polar surface area (TPSA) is 111 Å². The monoisotopic (exact) mass is 655 g/mol. The molecule has 2 N–H and O–H groups in total. The Kier molecular flexibility index (Phi) is 10.1. The number of halogens is 5. The molecule has 0 unspecified atom stereocenters. The van der Waals surface area contributed by atoms with E-state index in [1.807, 2.05) is 43.5 Å². The number of nitrogens with zero attached hydrogens (tertiary/aromatic N) is 2. The average Bonchev–Trinajstić information content (AvgIpc) is 3.34. The molecule has 0 aliphatic heterocycles. The Balaban J connectivity index is 1.37. The van der Waals surface area contributed by atoms with Crippen molar-refractivity contribution >= 4 is 39.2 Å². The van der Waals surface area contributed by atoms with Gasteiger partial charge in [-0.1, -0.05) is 59.6 Å². The van der Waals surface area contributed by atoms with E-state index in [0.717, 1.165) is 45.0 Å². The Bertz CT molecular complexity index is 1690. The van der Waals surface area contributed by atoms with Crippen molar-refractivity contribution in [3.05, 3.63) is 94.4 Å². The Labute approximate surface area is 256 Å². The second kappa shape index (κ2) is 13.4. The van der Waals surface area contributed by atoms with Gasteiger partial charge in [-0.15, -0.1) is 0 Å². The first kappa shape index (κ1) is 32.3. The summed E-state index contributed by atoms with van der Waals surface area (Å²) in [7, 11) is -5.81. The first-order chi connectivity index (χ1) is 20.3. The van der Waals surface area contributed by atoms with Crippen LogP contribution in [0, 0.1) is 0 Å². The van der Waals surface area contributed by atoms with Crippen LogP contribution >= 0.6 is 23.2 Å². The molecular formula is C29H26Cl2F3N3O5S. The van der Waals surface area contributed by atoms with Gasteiger partial charge in [-0.05, 0) is 53.9 Å². The molecule has 228 valence electrons. The number of sulfonamides is 1. The highest BCUT2D eigenvalue weighted by Gasteiger charge is 2.47. The molecule has 3 aromatic carbocycles. The molecule has 0 radical (unpaired) electrons. The van der Waals surface area contributed by atoms with E-state index in [-0.39, 0.29) is 6.61 Å². The minimum atomic E-state index is -5.81. The zero-order valence-electron chi connectivity index (χ0n) is 22.6. The highest BCUT2D eigenvalue weighted by molar-refractivity contribution is 7.90. The predicted octanol–water partition coefficient (Wildman–Crippen LogP) is 6.80. The summed E-state index contributed by atoms with van der Waals surface area (Å²) in [5.74, 6) is -0.527. The number of imidazole rings is 1. The smallest absolute Gasteiger partial charge is 0.494 e. The van der Waals surface area contributed by atoms with Gasteiger partial charge >= 0.3 is 21.5 Å². The molecule has 0 aliphatic rings. The lowest BCUT2D eigenvalue weighted by atomic mass is 10.0. The molecule has 8 nitrogen and oxygen atoms in total. The molecular weight excluding hydrogens is 630 g/mol. The van der Waals surface area contributed by atoms with Crippen molar-refractivity contribution in [3.63, 3.8) is 0 Å². The Morgan fingerprint density at radius 2 is 1.67 bits per heavy atom. The molecule has 14 heteroatoms. The highest BCUT2D eigenvalue weighted by Crippen LogP contribution is 2.31. The largest absolute Gasteiger partial charge is 0.511 e. The van der Waals surface area contributed by atoms with Crippen molar-refractivity contribution < 1.29 is 36.2 Å². The third-order valence-corrected chi connectivity index (χ3v) is 8.24. The normalized spacial score (nSPS) is 12.7. The van der Waals surface area contributed by atoms with Gasteiger partial charge in [-0.3, -0.25) is 4.79 Å². The van der Waals surface area contributed by atoms with E-state index in [1.165, 1.54) is 0 Å². The van der Waals surface area contributed by atoms with Gasteiger partial charge in [0.1, 0.15) is 17.6 Å². The lowest BCUT2D eigenvalue weighted by Gasteiger charge is -2.16. The van der Waals surface area contributed by atoms with Gasteiger partial charge in [0.05, 0.1) is 17.3 Å². The van der Waals surface area contributed by atoms with Crippen molar-refractivity contribution in [2.24, 2.45) is 0 Å². The van der Waals surface area contributed by atoms with Crippen LogP contribution in [0.5, 0.6) is 5.75 Å². The fourth-order valence-corrected chi connectivity index (χ4v) is 5.45. The van der Waals surface area contributed by atoms with Crippen molar-refractivity contribution in [3.8, 4) is 28.1 Å². The number of hydrogen-bond donors (Lipinski definition) is 2. The number of carboxylic acid groups (broad SMARTS) is 1. The van der Waals surface area contributed by atoms with Crippen LogP contribution in [0.25, 0.3) is 22.4 Å². The van der Waals surface area contributed by atoms with Crippen LogP contribution in [0.3, 0.4) is 0 Å². The van der Waals surface area contributed by atoms with Crippen molar-refractivity contribution in [1.82, 2.24) is 14.3 Å². The summed E-state index contributed by atoms with van der Waals surface area (Å²) in [6.45, 7) is 2.44. The second-order valence-electron chi connectivity index (χ2n) is 9.45. The van der Waals surface area contributed by atoms with Gasteiger partial charge < -0.3 is 14.4 Å². The molecule has 0 saturated heterocycles. The Hall–Kier alpha value is -3.58. The van der Waals surface area contributed by atoms with E-state index in [9.17, 15) is 26.4 Å². The van der Waals surface area contributed by atoms with E-state index >= 15 is 0 Å². The SMILES string of the molecule is CCn1cc(-c2ccc(Cl)cc2Cl)nc1Cc1ccc(-c2ccc(OCC[C@H](NS(=O)(=O)C(F)(F)F)C(=O)O)cc2)cc1. The summed E-state index contributed by atoms with van der Waals surface area (Å²) in [5.41, 5.74) is -1.21. The Morgan fingerprint density at radius 1 is 1.05 bits per heavy atom. The van der Waals surface area contributed by atoms with E-state index in [4.69, 9.17) is 38.0 Å². The standard InChI is InChI=1S/C29H26Cl2F3N3O5S/c1-2-37-17-26(23-12-9-21(30)16-24(23)31)35-27(37)15-18-3-5-19(6-4-18)20-7-10-22(11-8-20)42-14-13-25(28(38)39)36-43(40,41)29(32,33)34/h3-12,16-17,25,36H,2,13-15H2,1H3,(H,38,39)/t25-/m0/s1. The second-order valence-corrected chi connectivity index (χ2v) is 12.0. The summed E-state index contributed by atoms with van der Waals surface area (Å²) in [4.78, 5) is 16.0. The predicted molar refractivity (Wildman–Crippen MR) is 158 cm³/mol. The fraction of sp³-hybridized carbons (Fsp3) is 0.241. The summed E-state index contributed by atoms with van der Waals surface area (Å²) >= 11 is 12.4. The van der Waals surface area contributed by atoms with Crippen molar-refractivity contribution in [2.75, 3.05) is 6.61 Å². The highest BCUT2D eigenvalue weighted by atomic mass is 35.5. The molecule has 0 fully saturated rings. The van der Waals surface area contributed by atoms with Gasteiger partial charge in [0.2, 0.25) is 0 Å². The molecule has 0 saturated carbocycles. The molecule has 0 aliphatic carbocycles. The molecule has 43 heavy (non-hydrogen) atoms. The number of hydrogen-bond acceptors (Lipinski definition) is 5. The summed E-state index contributed by atoms with van der Waals surface area (Å²) in [5, 5.41) is 10.2. The van der Waals surface area contributed by atoms with E-state index in [0.29, 0.717) is 22.2 Å². The number of nitrogens with one attached hydrogen (secondary N) is 1. The number of ether oxygens (including phenoxy) is 1. The van der Waals surface area contributed by atoms with Gasteiger partial charge in [-0.2, -0.15) is 17.9 Å². The van der Waals surface area contributed by atoms with E-state index < -0.39 is 34.0 Å². The number of aryl methyl sites for hydroxylation is 1. The number of carboxylic acids is 1. The van der Waals surface area contributed by atoms with Crippen LogP contribution in [0.4, 0.5) is 13.2 Å². The van der Waals surface area contributed by atoms with Crippen molar-refractivity contribution in [1.29, 1.82) is 0 Å². The zero-order chi connectivity index (χ0) is 31.4. The molecule has 0 amide bonds. The summed E-state index contributed by atoms with van der Waals surface area (Å²) in [6.07, 6.45) is 2.05. The van der Waals surface area contributed by atoms with Gasteiger partial charge in [-0.25, -0.2) is 13.4 Å². The van der Waals surface area contributed by atoms with Crippen LogP contribution in [0.15, 0.2) is 72.9 Å². The molecule has 0 spiro atoms. The number of alkyl halides is 3. The number of carbonyl (C=O) groups is 1. The first-order valence-electron chi connectivity index (χ1n) is 12.9. The lowest BCUT2D eigenvalue weighted by Crippen LogP contribution is -2.47. The summed E-state index contributed by atoms with van der Waals surface area (Å²) in [6, 6.07) is 18.0. The molecule has 1 aromatic heterocycles. The number of aromatic nitrogens is 2. The number of rotatable bonds is 12. The van der Waals surface area contributed by atoms with E-state index in [1.54, 1.807) is 36.4 Å². The van der Waals surface area contributed by atoms with Crippen LogP contribution in [-0.2, 0) is 27.8 Å². The average molecular weight is 657 g/mol. The fourth-order valence-electron chi connectivity index (χ4n) is 4.22. The minimum Gasteiger partial charge on any atom is -0.494 e. The number of benzene rings is 3. The quantitative estimate of drug-likeness (QED) is 0.174. The van der Waals surface area contributed by atoms with Crippen LogP contribution in [-0.4, -0.2) is 47.2 Å². The maximum Gasteiger partial charge on any atom is 0.511 e. The van der Waals surface area contributed by atoms with Crippen LogP contribution in [0.1, 0.15) is 24.7 Å². The van der Waals surface area contributed by atoms with Gasteiger partial charge in [0.15, 0.2) is 0 Å². The number of aliphatic carboxylic acids is 1. The molecule has 4 aromatic rings. The zero-order valence-corrected chi connectivity index (χ0v) is 24.9. The van der Waals surface area contributed by atoms with Gasteiger partial charge in [0.25, 0.3) is 0 Å². The molecule has 1 atom stereocenters. The molecule has 1 heterocycles. The van der Waals surface area contributed by atoms with Crippen molar-refractivity contribution in [2.45, 2.75) is 37.9 Å². The maximum atomic E-state index is 12.6.